The first-order valence-electron chi connectivity index (χ1n) is 5.38. The summed E-state index contributed by atoms with van der Waals surface area (Å²) in [6, 6.07) is 0. The van der Waals surface area contributed by atoms with Crippen molar-refractivity contribution in [3.63, 3.8) is 0 Å². The highest BCUT2D eigenvalue weighted by atomic mass is 16.4. The van der Waals surface area contributed by atoms with Crippen LogP contribution in [0.3, 0.4) is 0 Å². The lowest BCUT2D eigenvalue weighted by molar-refractivity contribution is 0.0688. The molecule has 1 saturated heterocycles. The molecule has 0 radical (unpaired) electrons. The molecule has 0 spiro atoms. The van der Waals surface area contributed by atoms with E-state index in [0.29, 0.717) is 18.0 Å². The largest absolute Gasteiger partial charge is 0.476 e. The molecule has 1 aliphatic rings. The van der Waals surface area contributed by atoms with Crippen LogP contribution in [-0.2, 0) is 6.42 Å². The van der Waals surface area contributed by atoms with Crippen molar-refractivity contribution in [2.24, 2.45) is 5.92 Å². The van der Waals surface area contributed by atoms with E-state index < -0.39 is 5.97 Å². The summed E-state index contributed by atoms with van der Waals surface area (Å²) in [5, 5.41) is 8.98. The van der Waals surface area contributed by atoms with Crippen LogP contribution in [0.5, 0.6) is 0 Å². The van der Waals surface area contributed by atoms with Gasteiger partial charge in [0, 0.05) is 18.9 Å². The number of hydrogen-bond donors (Lipinski definition) is 1. The molecule has 0 aliphatic carbocycles. The van der Waals surface area contributed by atoms with E-state index in [0.717, 1.165) is 19.5 Å². The summed E-state index contributed by atoms with van der Waals surface area (Å²) in [7, 11) is 2.08. The van der Waals surface area contributed by atoms with E-state index in [1.165, 1.54) is 6.20 Å². The minimum atomic E-state index is -0.991. The molecule has 1 aliphatic heterocycles. The molecule has 86 valence electrons. The van der Waals surface area contributed by atoms with Crippen LogP contribution in [0.1, 0.15) is 22.6 Å². The van der Waals surface area contributed by atoms with Gasteiger partial charge in [-0.2, -0.15) is 0 Å². The van der Waals surface area contributed by atoms with Crippen LogP contribution in [-0.4, -0.2) is 46.1 Å². The number of carbonyl (C=O) groups is 1. The highest BCUT2D eigenvalue weighted by molar-refractivity contribution is 5.86. The molecule has 5 nitrogen and oxygen atoms in total. The molecule has 0 saturated carbocycles. The quantitative estimate of drug-likeness (QED) is 0.812. The Morgan fingerprint density at radius 3 is 2.94 bits per heavy atom. The molecule has 1 atom stereocenters. The van der Waals surface area contributed by atoms with Gasteiger partial charge in [0.1, 0.15) is 0 Å². The number of nitrogens with zero attached hydrogens (tertiary/aromatic N) is 3. The van der Waals surface area contributed by atoms with Crippen molar-refractivity contribution in [1.29, 1.82) is 0 Å². The zero-order valence-electron chi connectivity index (χ0n) is 9.26. The number of likely N-dealkylation sites (tertiary alicyclic amines) is 1. The molecule has 0 bridgehead atoms. The fourth-order valence-corrected chi connectivity index (χ4v) is 2.16. The molecule has 1 aromatic heterocycles. The van der Waals surface area contributed by atoms with E-state index in [1.807, 2.05) is 0 Å². The smallest absolute Gasteiger partial charge is 0.356 e. The summed E-state index contributed by atoms with van der Waals surface area (Å²) < 4.78 is 0. The van der Waals surface area contributed by atoms with Crippen molar-refractivity contribution >= 4 is 5.97 Å². The number of aromatic nitrogens is 2. The molecule has 0 aromatic carbocycles. The van der Waals surface area contributed by atoms with E-state index in [-0.39, 0.29) is 5.69 Å². The first kappa shape index (κ1) is 11.0. The molecule has 2 heterocycles. The van der Waals surface area contributed by atoms with Crippen molar-refractivity contribution in [2.75, 3.05) is 20.1 Å². The minimum Gasteiger partial charge on any atom is -0.476 e. The number of aromatic carboxylic acids is 1. The highest BCUT2D eigenvalue weighted by Gasteiger charge is 2.23. The zero-order valence-corrected chi connectivity index (χ0v) is 9.26. The first-order valence-corrected chi connectivity index (χ1v) is 5.38. The van der Waals surface area contributed by atoms with Crippen LogP contribution in [0.15, 0.2) is 12.4 Å². The molecule has 5 heteroatoms. The predicted molar refractivity (Wildman–Crippen MR) is 58.3 cm³/mol. The third-order valence-electron chi connectivity index (χ3n) is 2.95. The van der Waals surface area contributed by atoms with Crippen molar-refractivity contribution < 1.29 is 9.90 Å². The normalized spacial score (nSPS) is 21.2. The average molecular weight is 221 g/mol. The topological polar surface area (TPSA) is 66.3 Å². The zero-order chi connectivity index (χ0) is 11.5. The van der Waals surface area contributed by atoms with Crippen LogP contribution in [0.4, 0.5) is 0 Å². The number of carboxylic acid groups (broad SMARTS) is 1. The van der Waals surface area contributed by atoms with E-state index in [9.17, 15) is 4.79 Å². The third-order valence-corrected chi connectivity index (χ3v) is 2.95. The van der Waals surface area contributed by atoms with Crippen molar-refractivity contribution in [2.45, 2.75) is 12.8 Å². The monoisotopic (exact) mass is 221 g/mol. The summed E-state index contributed by atoms with van der Waals surface area (Å²) in [6.07, 6.45) is 4.79. The van der Waals surface area contributed by atoms with Gasteiger partial charge in [-0.3, -0.25) is 4.98 Å². The van der Waals surface area contributed by atoms with Gasteiger partial charge in [0.2, 0.25) is 0 Å². The molecule has 0 unspecified atom stereocenters. The molecule has 1 aromatic rings. The number of hydrogen-bond acceptors (Lipinski definition) is 4. The number of carboxylic acids is 1. The van der Waals surface area contributed by atoms with Crippen molar-refractivity contribution in [3.8, 4) is 0 Å². The van der Waals surface area contributed by atoms with Crippen LogP contribution >= 0.6 is 0 Å². The predicted octanol–water partition coefficient (Wildman–Crippen LogP) is 0.669. The maximum Gasteiger partial charge on any atom is 0.356 e. The first-order chi connectivity index (χ1) is 7.66. The average Bonchev–Trinajstić information content (AvgIpc) is 2.64. The summed E-state index contributed by atoms with van der Waals surface area (Å²) in [5.74, 6) is -0.491. The van der Waals surface area contributed by atoms with Gasteiger partial charge in [-0.1, -0.05) is 0 Å². The van der Waals surface area contributed by atoms with E-state index in [1.54, 1.807) is 6.20 Å². The second-order valence-corrected chi connectivity index (χ2v) is 4.28. The maximum absolute atomic E-state index is 10.9. The molecule has 2 rings (SSSR count). The van der Waals surface area contributed by atoms with Gasteiger partial charge in [0.05, 0.1) is 5.69 Å². The molecule has 1 N–H and O–H groups in total. The summed E-state index contributed by atoms with van der Waals surface area (Å²) in [4.78, 5) is 21.2. The maximum atomic E-state index is 10.9. The Morgan fingerprint density at radius 1 is 1.56 bits per heavy atom. The highest BCUT2D eigenvalue weighted by Crippen LogP contribution is 2.19. The molecule has 0 amide bonds. The Bertz CT molecular complexity index is 395. The lowest BCUT2D eigenvalue weighted by atomic mass is 10.0. The standard InChI is InChI=1S/C11H15N3O2/c1-14-5-2-8(7-14)6-9-10(11(15)16)13-4-3-12-9/h3-4,8H,2,5-7H2,1H3,(H,15,16)/t8-/m1/s1. The van der Waals surface area contributed by atoms with Gasteiger partial charge in [-0.15, -0.1) is 0 Å². The van der Waals surface area contributed by atoms with E-state index >= 15 is 0 Å². The fraction of sp³-hybridized carbons (Fsp3) is 0.545. The molecular weight excluding hydrogens is 206 g/mol. The summed E-state index contributed by atoms with van der Waals surface area (Å²) >= 11 is 0. The Balaban J connectivity index is 2.12. The fourth-order valence-electron chi connectivity index (χ4n) is 2.16. The summed E-state index contributed by atoms with van der Waals surface area (Å²) in [6.45, 7) is 2.09. The molecular formula is C11H15N3O2. The Hall–Kier alpha value is -1.49. The number of rotatable bonds is 3. The second kappa shape index (κ2) is 4.57. The van der Waals surface area contributed by atoms with E-state index in [2.05, 4.69) is 21.9 Å². The second-order valence-electron chi connectivity index (χ2n) is 4.28. The lowest BCUT2D eigenvalue weighted by Crippen LogP contribution is -2.17. The minimum absolute atomic E-state index is 0.0945. The Kier molecular flexibility index (Phi) is 3.14. The van der Waals surface area contributed by atoms with Gasteiger partial charge in [0.15, 0.2) is 5.69 Å². The molecule has 16 heavy (non-hydrogen) atoms. The van der Waals surface area contributed by atoms with Crippen LogP contribution in [0.2, 0.25) is 0 Å². The van der Waals surface area contributed by atoms with Crippen LogP contribution < -0.4 is 0 Å². The van der Waals surface area contributed by atoms with Gasteiger partial charge in [-0.05, 0) is 32.4 Å². The van der Waals surface area contributed by atoms with Gasteiger partial charge in [0.25, 0.3) is 0 Å². The van der Waals surface area contributed by atoms with Crippen molar-refractivity contribution in [1.82, 2.24) is 14.9 Å². The van der Waals surface area contributed by atoms with Gasteiger partial charge < -0.3 is 10.0 Å². The van der Waals surface area contributed by atoms with Crippen LogP contribution in [0, 0.1) is 5.92 Å². The van der Waals surface area contributed by atoms with Gasteiger partial charge >= 0.3 is 5.97 Å². The summed E-state index contributed by atoms with van der Waals surface area (Å²) in [5.41, 5.74) is 0.701. The van der Waals surface area contributed by atoms with E-state index in [4.69, 9.17) is 5.11 Å². The van der Waals surface area contributed by atoms with Gasteiger partial charge in [-0.25, -0.2) is 9.78 Å². The SMILES string of the molecule is CN1CC[C@H](Cc2nccnc2C(=O)O)C1. The molecule has 1 fully saturated rings. The third kappa shape index (κ3) is 2.36. The Labute approximate surface area is 94.1 Å². The van der Waals surface area contributed by atoms with Crippen molar-refractivity contribution in [3.05, 3.63) is 23.8 Å². The lowest BCUT2D eigenvalue weighted by Gasteiger charge is -2.10. The Morgan fingerprint density at radius 2 is 2.31 bits per heavy atom. The van der Waals surface area contributed by atoms with Crippen LogP contribution in [0.25, 0.3) is 0 Å².